The van der Waals surface area contributed by atoms with E-state index >= 15 is 0 Å². The molecule has 90 valence electrons. The minimum absolute atomic E-state index is 0.397. The fraction of sp³-hybridized carbons (Fsp3) is 0.0769. The summed E-state index contributed by atoms with van der Waals surface area (Å²) in [5, 5.41) is 11.8. The smallest absolute Gasteiger partial charge is 0.140 e. The molecule has 2 aromatic rings. The van der Waals surface area contributed by atoms with Crippen LogP contribution in [0.4, 0.5) is 11.4 Å². The number of halogens is 1. The van der Waals surface area contributed by atoms with Gasteiger partial charge in [-0.3, -0.25) is 0 Å². The maximum atomic E-state index is 8.66. The van der Waals surface area contributed by atoms with Gasteiger partial charge in [0.25, 0.3) is 0 Å². The standard InChI is InChI=1S/C13H10BrN3O/c1-18-13-6-9(4-5-12(13)14)17-11-3-2-10(7-15)16-8-11/h2-6,8,17H,1H3. The summed E-state index contributed by atoms with van der Waals surface area (Å²) in [6.07, 6.45) is 1.62. The van der Waals surface area contributed by atoms with E-state index < -0.39 is 0 Å². The average molecular weight is 304 g/mol. The molecule has 0 aliphatic rings. The molecule has 1 aromatic carbocycles. The van der Waals surface area contributed by atoms with E-state index in [-0.39, 0.29) is 0 Å². The lowest BCUT2D eigenvalue weighted by Crippen LogP contribution is -1.93. The molecule has 0 amide bonds. The fourth-order valence-corrected chi connectivity index (χ4v) is 1.85. The van der Waals surface area contributed by atoms with Crippen LogP contribution in [0.25, 0.3) is 0 Å². The van der Waals surface area contributed by atoms with Crippen LogP contribution in [-0.4, -0.2) is 12.1 Å². The summed E-state index contributed by atoms with van der Waals surface area (Å²) in [5.41, 5.74) is 2.11. The van der Waals surface area contributed by atoms with Crippen molar-refractivity contribution in [2.24, 2.45) is 0 Å². The monoisotopic (exact) mass is 303 g/mol. The van der Waals surface area contributed by atoms with Gasteiger partial charge in [0.2, 0.25) is 0 Å². The number of rotatable bonds is 3. The van der Waals surface area contributed by atoms with Crippen molar-refractivity contribution in [3.8, 4) is 11.8 Å². The molecule has 0 unspecified atom stereocenters. The molecule has 5 heteroatoms. The van der Waals surface area contributed by atoms with Gasteiger partial charge < -0.3 is 10.1 Å². The molecule has 0 saturated carbocycles. The van der Waals surface area contributed by atoms with Crippen LogP contribution >= 0.6 is 15.9 Å². The Labute approximate surface area is 113 Å². The van der Waals surface area contributed by atoms with Crippen LogP contribution in [0.15, 0.2) is 41.0 Å². The summed E-state index contributed by atoms with van der Waals surface area (Å²) in [6.45, 7) is 0. The zero-order chi connectivity index (χ0) is 13.0. The number of pyridine rings is 1. The number of nitriles is 1. The minimum Gasteiger partial charge on any atom is -0.495 e. The Kier molecular flexibility index (Phi) is 3.80. The lowest BCUT2D eigenvalue weighted by atomic mass is 10.3. The van der Waals surface area contributed by atoms with Crippen LogP contribution in [0.2, 0.25) is 0 Å². The summed E-state index contributed by atoms with van der Waals surface area (Å²) in [7, 11) is 1.62. The summed E-state index contributed by atoms with van der Waals surface area (Å²) in [4.78, 5) is 3.99. The highest BCUT2D eigenvalue weighted by Crippen LogP contribution is 2.29. The molecule has 0 aliphatic heterocycles. The van der Waals surface area contributed by atoms with E-state index in [1.54, 1.807) is 25.4 Å². The molecular weight excluding hydrogens is 294 g/mol. The number of methoxy groups -OCH3 is 1. The molecule has 0 atom stereocenters. The molecule has 4 nitrogen and oxygen atoms in total. The molecule has 18 heavy (non-hydrogen) atoms. The Bertz CT molecular complexity index is 590. The Morgan fingerprint density at radius 3 is 2.67 bits per heavy atom. The fourth-order valence-electron chi connectivity index (χ4n) is 1.44. The number of hydrogen-bond donors (Lipinski definition) is 1. The lowest BCUT2D eigenvalue weighted by molar-refractivity contribution is 0.412. The van der Waals surface area contributed by atoms with Gasteiger partial charge >= 0.3 is 0 Å². The number of aromatic nitrogens is 1. The van der Waals surface area contributed by atoms with Gasteiger partial charge in [0.15, 0.2) is 0 Å². The number of ether oxygens (including phenoxy) is 1. The summed E-state index contributed by atoms with van der Waals surface area (Å²) >= 11 is 3.39. The molecule has 0 bridgehead atoms. The van der Waals surface area contributed by atoms with Crippen LogP contribution in [-0.2, 0) is 0 Å². The topological polar surface area (TPSA) is 57.9 Å². The minimum atomic E-state index is 0.397. The van der Waals surface area contributed by atoms with Crippen LogP contribution in [0.1, 0.15) is 5.69 Å². The molecule has 0 radical (unpaired) electrons. The first-order chi connectivity index (χ1) is 8.72. The number of anilines is 2. The second-order valence-corrected chi connectivity index (χ2v) is 4.37. The number of hydrogen-bond acceptors (Lipinski definition) is 4. The van der Waals surface area contributed by atoms with Crippen molar-refractivity contribution in [2.75, 3.05) is 12.4 Å². The van der Waals surface area contributed by atoms with Crippen molar-refractivity contribution in [1.82, 2.24) is 4.98 Å². The van der Waals surface area contributed by atoms with Crippen molar-refractivity contribution in [1.29, 1.82) is 5.26 Å². The van der Waals surface area contributed by atoms with Gasteiger partial charge in [-0.25, -0.2) is 4.98 Å². The molecule has 2 rings (SSSR count). The number of nitrogens with one attached hydrogen (secondary N) is 1. The van der Waals surface area contributed by atoms with Crippen molar-refractivity contribution in [3.05, 3.63) is 46.7 Å². The molecular formula is C13H10BrN3O. The zero-order valence-electron chi connectivity index (χ0n) is 9.64. The van der Waals surface area contributed by atoms with Crippen LogP contribution in [0, 0.1) is 11.3 Å². The molecule has 1 heterocycles. The van der Waals surface area contributed by atoms with Gasteiger partial charge in [0, 0.05) is 11.8 Å². The van der Waals surface area contributed by atoms with Crippen molar-refractivity contribution in [3.63, 3.8) is 0 Å². The predicted molar refractivity (Wildman–Crippen MR) is 72.9 cm³/mol. The summed E-state index contributed by atoms with van der Waals surface area (Å²) in [5.74, 6) is 0.751. The molecule has 1 N–H and O–H groups in total. The summed E-state index contributed by atoms with van der Waals surface area (Å²) < 4.78 is 6.11. The zero-order valence-corrected chi connectivity index (χ0v) is 11.2. The third-order valence-electron chi connectivity index (χ3n) is 2.32. The SMILES string of the molecule is COc1cc(Nc2ccc(C#N)nc2)ccc1Br. The highest BCUT2D eigenvalue weighted by atomic mass is 79.9. The second-order valence-electron chi connectivity index (χ2n) is 3.52. The van der Waals surface area contributed by atoms with Crippen LogP contribution in [0.3, 0.4) is 0 Å². The van der Waals surface area contributed by atoms with Gasteiger partial charge in [-0.05, 0) is 40.2 Å². The summed E-state index contributed by atoms with van der Waals surface area (Å²) in [6, 6.07) is 11.1. The maximum absolute atomic E-state index is 8.66. The number of nitrogens with zero attached hydrogens (tertiary/aromatic N) is 2. The Balaban J connectivity index is 2.20. The average Bonchev–Trinajstić information content (AvgIpc) is 2.42. The van der Waals surface area contributed by atoms with Gasteiger partial charge in [-0.2, -0.15) is 5.26 Å². The van der Waals surface area contributed by atoms with E-state index in [4.69, 9.17) is 10.00 Å². The van der Waals surface area contributed by atoms with Crippen molar-refractivity contribution >= 4 is 27.3 Å². The molecule has 0 saturated heterocycles. The normalized spacial score (nSPS) is 9.61. The van der Waals surface area contributed by atoms with Crippen molar-refractivity contribution < 1.29 is 4.74 Å². The quantitative estimate of drug-likeness (QED) is 0.943. The van der Waals surface area contributed by atoms with E-state index in [2.05, 4.69) is 26.2 Å². The Morgan fingerprint density at radius 1 is 1.28 bits per heavy atom. The largest absolute Gasteiger partial charge is 0.495 e. The van der Waals surface area contributed by atoms with E-state index in [1.807, 2.05) is 24.3 Å². The Morgan fingerprint density at radius 2 is 2.06 bits per heavy atom. The maximum Gasteiger partial charge on any atom is 0.140 e. The molecule has 1 aromatic heterocycles. The van der Waals surface area contributed by atoms with E-state index in [0.717, 1.165) is 21.6 Å². The predicted octanol–water partition coefficient (Wildman–Crippen LogP) is 3.47. The van der Waals surface area contributed by atoms with E-state index in [9.17, 15) is 0 Å². The molecule has 0 aliphatic carbocycles. The van der Waals surface area contributed by atoms with Gasteiger partial charge in [0.1, 0.15) is 17.5 Å². The highest BCUT2D eigenvalue weighted by molar-refractivity contribution is 9.10. The Hall–Kier alpha value is -2.06. The van der Waals surface area contributed by atoms with Gasteiger partial charge in [-0.1, -0.05) is 0 Å². The van der Waals surface area contributed by atoms with E-state index in [1.165, 1.54) is 0 Å². The lowest BCUT2D eigenvalue weighted by Gasteiger charge is -2.09. The first-order valence-corrected chi connectivity index (χ1v) is 5.99. The van der Waals surface area contributed by atoms with Crippen LogP contribution < -0.4 is 10.1 Å². The molecule has 0 fully saturated rings. The van der Waals surface area contributed by atoms with Crippen molar-refractivity contribution in [2.45, 2.75) is 0 Å². The van der Waals surface area contributed by atoms with Gasteiger partial charge in [0.05, 0.1) is 23.5 Å². The van der Waals surface area contributed by atoms with Gasteiger partial charge in [-0.15, -0.1) is 0 Å². The third kappa shape index (κ3) is 2.79. The first kappa shape index (κ1) is 12.4. The molecule has 0 spiro atoms. The van der Waals surface area contributed by atoms with Crippen LogP contribution in [0.5, 0.6) is 5.75 Å². The third-order valence-corrected chi connectivity index (χ3v) is 2.97. The second kappa shape index (κ2) is 5.52. The number of benzene rings is 1. The highest BCUT2D eigenvalue weighted by Gasteiger charge is 2.02. The first-order valence-electron chi connectivity index (χ1n) is 5.19. The van der Waals surface area contributed by atoms with E-state index in [0.29, 0.717) is 5.69 Å².